The molecular formula is C11H16N2O. The summed E-state index contributed by atoms with van der Waals surface area (Å²) in [4.78, 5) is 4.54. The lowest BCUT2D eigenvalue weighted by atomic mass is 10.1. The topological polar surface area (TPSA) is 34.2 Å². The summed E-state index contributed by atoms with van der Waals surface area (Å²) in [5.74, 6) is 2.24. The third-order valence-corrected chi connectivity index (χ3v) is 2.34. The fourth-order valence-electron chi connectivity index (χ4n) is 1.49. The zero-order valence-electron chi connectivity index (χ0n) is 8.71. The van der Waals surface area contributed by atoms with E-state index in [2.05, 4.69) is 24.1 Å². The van der Waals surface area contributed by atoms with E-state index in [9.17, 15) is 0 Å². The zero-order chi connectivity index (χ0) is 9.97. The Bertz CT molecular complexity index is 323. The van der Waals surface area contributed by atoms with Crippen molar-refractivity contribution in [3.63, 3.8) is 0 Å². The summed E-state index contributed by atoms with van der Waals surface area (Å²) in [6.07, 6.45) is 1.04. The van der Waals surface area contributed by atoms with Crippen LogP contribution in [-0.2, 0) is 0 Å². The summed E-state index contributed by atoms with van der Waals surface area (Å²) in [5, 5.41) is 3.28. The standard InChI is InChI=1S/C11H16N2O/c1-8(2)9-4-5-10-11(13-9)12-6-3-7-14-10/h4-5,8H,3,6-7H2,1-2H3,(H,12,13). The minimum Gasteiger partial charge on any atom is -0.490 e. The van der Waals surface area contributed by atoms with Gasteiger partial charge in [-0.1, -0.05) is 13.8 Å². The first kappa shape index (κ1) is 9.31. The first-order chi connectivity index (χ1) is 6.77. The van der Waals surface area contributed by atoms with Gasteiger partial charge in [0.25, 0.3) is 0 Å². The Labute approximate surface area is 84.5 Å². The second-order valence-corrected chi connectivity index (χ2v) is 3.87. The Balaban J connectivity index is 2.32. The molecule has 14 heavy (non-hydrogen) atoms. The summed E-state index contributed by atoms with van der Waals surface area (Å²) < 4.78 is 5.56. The fraction of sp³-hybridized carbons (Fsp3) is 0.545. The highest BCUT2D eigenvalue weighted by Crippen LogP contribution is 2.26. The number of ether oxygens (including phenoxy) is 1. The molecule has 0 aromatic carbocycles. The molecule has 3 nitrogen and oxygen atoms in total. The van der Waals surface area contributed by atoms with Crippen LogP contribution in [0.1, 0.15) is 31.9 Å². The van der Waals surface area contributed by atoms with E-state index in [0.717, 1.165) is 36.8 Å². The van der Waals surface area contributed by atoms with Gasteiger partial charge in [0.05, 0.1) is 6.61 Å². The quantitative estimate of drug-likeness (QED) is 0.742. The van der Waals surface area contributed by atoms with Gasteiger partial charge in [0.1, 0.15) is 0 Å². The Hall–Kier alpha value is -1.25. The Morgan fingerprint density at radius 2 is 2.29 bits per heavy atom. The molecule has 1 aromatic rings. The first-order valence-electron chi connectivity index (χ1n) is 5.15. The summed E-state index contributed by atoms with van der Waals surface area (Å²) in [7, 11) is 0. The third-order valence-electron chi connectivity index (χ3n) is 2.34. The molecule has 76 valence electrons. The normalized spacial score (nSPS) is 15.4. The predicted octanol–water partition coefficient (Wildman–Crippen LogP) is 2.40. The smallest absolute Gasteiger partial charge is 0.169 e. The highest BCUT2D eigenvalue weighted by molar-refractivity contribution is 5.51. The number of rotatable bonds is 1. The van der Waals surface area contributed by atoms with E-state index in [-0.39, 0.29) is 0 Å². The molecule has 3 heteroatoms. The molecule has 0 bridgehead atoms. The van der Waals surface area contributed by atoms with Crippen molar-refractivity contribution in [3.8, 4) is 5.75 Å². The molecular weight excluding hydrogens is 176 g/mol. The third kappa shape index (κ3) is 1.81. The fourth-order valence-corrected chi connectivity index (χ4v) is 1.49. The van der Waals surface area contributed by atoms with Gasteiger partial charge in [-0.3, -0.25) is 0 Å². The highest BCUT2D eigenvalue weighted by Gasteiger charge is 2.11. The van der Waals surface area contributed by atoms with Gasteiger partial charge >= 0.3 is 0 Å². The maximum Gasteiger partial charge on any atom is 0.169 e. The van der Waals surface area contributed by atoms with Crippen molar-refractivity contribution >= 4 is 5.82 Å². The number of nitrogens with zero attached hydrogens (tertiary/aromatic N) is 1. The average Bonchev–Trinajstić information content (AvgIpc) is 2.41. The molecule has 2 rings (SSSR count). The van der Waals surface area contributed by atoms with Gasteiger partial charge < -0.3 is 10.1 Å². The molecule has 0 spiro atoms. The molecule has 2 heterocycles. The van der Waals surface area contributed by atoms with Crippen LogP contribution in [0.4, 0.5) is 5.82 Å². The van der Waals surface area contributed by atoms with E-state index >= 15 is 0 Å². The van der Waals surface area contributed by atoms with Gasteiger partial charge in [0.15, 0.2) is 11.6 Å². The van der Waals surface area contributed by atoms with Crippen LogP contribution >= 0.6 is 0 Å². The van der Waals surface area contributed by atoms with Crippen LogP contribution in [0.2, 0.25) is 0 Å². The lowest BCUT2D eigenvalue weighted by Gasteiger charge is -2.10. The second kappa shape index (κ2) is 3.86. The Morgan fingerprint density at radius 1 is 1.43 bits per heavy atom. The van der Waals surface area contributed by atoms with Gasteiger partial charge in [-0.15, -0.1) is 0 Å². The second-order valence-electron chi connectivity index (χ2n) is 3.87. The molecule has 0 saturated heterocycles. The monoisotopic (exact) mass is 192 g/mol. The summed E-state index contributed by atoms with van der Waals surface area (Å²) in [6, 6.07) is 4.05. The first-order valence-corrected chi connectivity index (χ1v) is 5.15. The number of fused-ring (bicyclic) bond motifs is 1. The average molecular weight is 192 g/mol. The molecule has 0 saturated carbocycles. The van der Waals surface area contributed by atoms with Crippen LogP contribution in [0.15, 0.2) is 12.1 Å². The lowest BCUT2D eigenvalue weighted by molar-refractivity contribution is 0.322. The SMILES string of the molecule is CC(C)c1ccc2c(n1)NCCCO2. The molecule has 1 N–H and O–H groups in total. The number of hydrogen-bond donors (Lipinski definition) is 1. The summed E-state index contributed by atoms with van der Waals surface area (Å²) in [5.41, 5.74) is 1.11. The molecule has 0 aliphatic carbocycles. The molecule has 0 amide bonds. The van der Waals surface area contributed by atoms with Crippen LogP contribution in [-0.4, -0.2) is 18.1 Å². The molecule has 1 aliphatic heterocycles. The highest BCUT2D eigenvalue weighted by atomic mass is 16.5. The minimum atomic E-state index is 0.463. The van der Waals surface area contributed by atoms with Crippen molar-refractivity contribution in [1.29, 1.82) is 0 Å². The number of anilines is 1. The van der Waals surface area contributed by atoms with E-state index in [1.807, 2.05) is 12.1 Å². The van der Waals surface area contributed by atoms with E-state index in [4.69, 9.17) is 4.74 Å². The number of aromatic nitrogens is 1. The lowest BCUT2D eigenvalue weighted by Crippen LogP contribution is -2.03. The summed E-state index contributed by atoms with van der Waals surface area (Å²) in [6.45, 7) is 6.02. The maximum atomic E-state index is 5.56. The van der Waals surface area contributed by atoms with E-state index < -0.39 is 0 Å². The zero-order valence-corrected chi connectivity index (χ0v) is 8.71. The maximum absolute atomic E-state index is 5.56. The van der Waals surface area contributed by atoms with Gasteiger partial charge in [0.2, 0.25) is 0 Å². The van der Waals surface area contributed by atoms with Crippen molar-refractivity contribution in [2.75, 3.05) is 18.5 Å². The van der Waals surface area contributed by atoms with E-state index in [0.29, 0.717) is 5.92 Å². The molecule has 0 atom stereocenters. The summed E-state index contributed by atoms with van der Waals surface area (Å²) >= 11 is 0. The van der Waals surface area contributed by atoms with Crippen molar-refractivity contribution < 1.29 is 4.74 Å². The molecule has 0 unspecified atom stereocenters. The van der Waals surface area contributed by atoms with Gasteiger partial charge in [-0.25, -0.2) is 4.98 Å². The molecule has 1 aromatic heterocycles. The van der Waals surface area contributed by atoms with Crippen LogP contribution in [0.5, 0.6) is 5.75 Å². The molecule has 0 radical (unpaired) electrons. The Kier molecular flexibility index (Phi) is 2.57. The van der Waals surface area contributed by atoms with Crippen molar-refractivity contribution in [1.82, 2.24) is 4.98 Å². The van der Waals surface area contributed by atoms with Crippen molar-refractivity contribution in [2.45, 2.75) is 26.2 Å². The number of pyridine rings is 1. The van der Waals surface area contributed by atoms with Gasteiger partial charge in [0, 0.05) is 12.2 Å². The van der Waals surface area contributed by atoms with Gasteiger partial charge in [-0.2, -0.15) is 0 Å². The van der Waals surface area contributed by atoms with E-state index in [1.54, 1.807) is 0 Å². The largest absolute Gasteiger partial charge is 0.490 e. The van der Waals surface area contributed by atoms with Crippen molar-refractivity contribution in [2.24, 2.45) is 0 Å². The van der Waals surface area contributed by atoms with E-state index in [1.165, 1.54) is 0 Å². The van der Waals surface area contributed by atoms with Crippen LogP contribution < -0.4 is 10.1 Å². The van der Waals surface area contributed by atoms with Crippen LogP contribution in [0.3, 0.4) is 0 Å². The molecule has 0 fully saturated rings. The van der Waals surface area contributed by atoms with Crippen LogP contribution in [0, 0.1) is 0 Å². The number of hydrogen-bond acceptors (Lipinski definition) is 3. The molecule has 1 aliphatic rings. The predicted molar refractivity (Wildman–Crippen MR) is 56.9 cm³/mol. The Morgan fingerprint density at radius 3 is 3.07 bits per heavy atom. The minimum absolute atomic E-state index is 0.463. The van der Waals surface area contributed by atoms with Crippen molar-refractivity contribution in [3.05, 3.63) is 17.8 Å². The number of nitrogens with one attached hydrogen (secondary N) is 1. The van der Waals surface area contributed by atoms with Gasteiger partial charge in [-0.05, 0) is 24.5 Å². The van der Waals surface area contributed by atoms with Crippen LogP contribution in [0.25, 0.3) is 0 Å².